The van der Waals surface area contributed by atoms with Gasteiger partial charge in [0.05, 0.1) is 7.11 Å². The van der Waals surface area contributed by atoms with Gasteiger partial charge in [-0.25, -0.2) is 0 Å². The molecule has 0 radical (unpaired) electrons. The van der Waals surface area contributed by atoms with Crippen molar-refractivity contribution in [3.63, 3.8) is 0 Å². The molecule has 1 heterocycles. The van der Waals surface area contributed by atoms with E-state index in [4.69, 9.17) is 10.5 Å². The maximum atomic E-state index is 5.66. The van der Waals surface area contributed by atoms with Crippen LogP contribution in [0, 0.1) is 0 Å². The van der Waals surface area contributed by atoms with Gasteiger partial charge in [-0.3, -0.25) is 0 Å². The smallest absolute Gasteiger partial charge is 0.118 e. The molecule has 2 aromatic carbocycles. The number of nitrogens with two attached hydrogens (primary N) is 1. The number of fused-ring (bicyclic) bond motifs is 1. The van der Waals surface area contributed by atoms with E-state index in [1.807, 2.05) is 12.1 Å². The zero-order chi connectivity index (χ0) is 13.9. The third-order valence-electron chi connectivity index (χ3n) is 3.60. The van der Waals surface area contributed by atoms with Crippen LogP contribution in [0.5, 0.6) is 5.75 Å². The summed E-state index contributed by atoms with van der Waals surface area (Å²) in [6, 6.07) is 14.6. The summed E-state index contributed by atoms with van der Waals surface area (Å²) in [5.74, 6) is 0.875. The molecule has 102 valence electrons. The van der Waals surface area contributed by atoms with E-state index in [0.29, 0.717) is 6.54 Å². The molecule has 0 spiro atoms. The molecule has 3 heteroatoms. The van der Waals surface area contributed by atoms with Crippen molar-refractivity contribution in [1.82, 2.24) is 4.98 Å². The van der Waals surface area contributed by atoms with Gasteiger partial charge in [-0.1, -0.05) is 18.2 Å². The summed E-state index contributed by atoms with van der Waals surface area (Å²) in [7, 11) is 1.68. The topological polar surface area (TPSA) is 51.0 Å². The first-order valence-corrected chi connectivity index (χ1v) is 6.76. The minimum atomic E-state index is 0.666. The Morgan fingerprint density at radius 1 is 1.05 bits per heavy atom. The van der Waals surface area contributed by atoms with Crippen LogP contribution in [0.1, 0.15) is 5.56 Å². The summed E-state index contributed by atoms with van der Waals surface area (Å²) in [6.45, 7) is 0.666. The van der Waals surface area contributed by atoms with Gasteiger partial charge >= 0.3 is 0 Å². The third kappa shape index (κ3) is 2.28. The largest absolute Gasteiger partial charge is 0.497 e. The van der Waals surface area contributed by atoms with Crippen molar-refractivity contribution in [1.29, 1.82) is 0 Å². The Morgan fingerprint density at radius 3 is 2.50 bits per heavy atom. The van der Waals surface area contributed by atoms with Gasteiger partial charge < -0.3 is 15.5 Å². The highest BCUT2D eigenvalue weighted by molar-refractivity contribution is 5.88. The lowest BCUT2D eigenvalue weighted by Gasteiger charge is -2.05. The van der Waals surface area contributed by atoms with Gasteiger partial charge in [0.15, 0.2) is 0 Å². The van der Waals surface area contributed by atoms with Crippen LogP contribution in [0.15, 0.2) is 48.7 Å². The van der Waals surface area contributed by atoms with Crippen molar-refractivity contribution < 1.29 is 4.74 Å². The zero-order valence-corrected chi connectivity index (χ0v) is 11.5. The molecule has 0 aliphatic carbocycles. The highest BCUT2D eigenvalue weighted by atomic mass is 16.5. The summed E-state index contributed by atoms with van der Waals surface area (Å²) in [5.41, 5.74) is 10.5. The predicted octanol–water partition coefficient (Wildman–Crippen LogP) is 3.34. The Labute approximate surface area is 118 Å². The minimum absolute atomic E-state index is 0.666. The Hall–Kier alpha value is -2.26. The Kier molecular flexibility index (Phi) is 3.44. The molecule has 0 aliphatic heterocycles. The summed E-state index contributed by atoms with van der Waals surface area (Å²) >= 11 is 0. The predicted molar refractivity (Wildman–Crippen MR) is 83.0 cm³/mol. The first-order valence-electron chi connectivity index (χ1n) is 6.76. The van der Waals surface area contributed by atoms with Gasteiger partial charge in [0.2, 0.25) is 0 Å². The molecule has 0 amide bonds. The van der Waals surface area contributed by atoms with E-state index in [2.05, 4.69) is 41.5 Å². The normalized spacial score (nSPS) is 10.9. The highest BCUT2D eigenvalue weighted by Crippen LogP contribution is 2.27. The molecule has 3 nitrogen and oxygen atoms in total. The number of hydrogen-bond acceptors (Lipinski definition) is 2. The lowest BCUT2D eigenvalue weighted by molar-refractivity contribution is 0.415. The number of methoxy groups -OCH3 is 1. The van der Waals surface area contributed by atoms with Crippen molar-refractivity contribution in [2.24, 2.45) is 5.73 Å². The number of hydrogen-bond donors (Lipinski definition) is 2. The van der Waals surface area contributed by atoms with Gasteiger partial charge in [-0.2, -0.15) is 0 Å². The molecule has 0 fully saturated rings. The number of benzene rings is 2. The van der Waals surface area contributed by atoms with Crippen LogP contribution in [0.4, 0.5) is 0 Å². The van der Waals surface area contributed by atoms with Crippen LogP contribution in [0.3, 0.4) is 0 Å². The summed E-state index contributed by atoms with van der Waals surface area (Å²) in [5, 5.41) is 1.25. The van der Waals surface area contributed by atoms with Crippen molar-refractivity contribution in [3.05, 3.63) is 54.2 Å². The Bertz CT molecular complexity index is 713. The molecule has 3 aromatic rings. The molecule has 20 heavy (non-hydrogen) atoms. The average molecular weight is 266 g/mol. The second kappa shape index (κ2) is 5.39. The van der Waals surface area contributed by atoms with Crippen molar-refractivity contribution >= 4 is 10.9 Å². The summed E-state index contributed by atoms with van der Waals surface area (Å²) < 4.78 is 5.20. The maximum Gasteiger partial charge on any atom is 0.118 e. The van der Waals surface area contributed by atoms with Crippen molar-refractivity contribution in [2.75, 3.05) is 13.7 Å². The van der Waals surface area contributed by atoms with E-state index in [9.17, 15) is 0 Å². The van der Waals surface area contributed by atoms with Gasteiger partial charge in [0.1, 0.15) is 5.75 Å². The Morgan fingerprint density at radius 2 is 1.80 bits per heavy atom. The number of aromatic amines is 1. The fourth-order valence-electron chi connectivity index (χ4n) is 2.50. The average Bonchev–Trinajstić information content (AvgIpc) is 2.90. The lowest BCUT2D eigenvalue weighted by Crippen LogP contribution is -2.01. The van der Waals surface area contributed by atoms with Crippen LogP contribution in [-0.4, -0.2) is 18.6 Å². The van der Waals surface area contributed by atoms with E-state index in [1.165, 1.54) is 22.1 Å². The number of aromatic nitrogens is 1. The quantitative estimate of drug-likeness (QED) is 0.761. The first-order chi connectivity index (χ1) is 9.81. The lowest BCUT2D eigenvalue weighted by atomic mass is 10.0. The molecular weight excluding hydrogens is 248 g/mol. The molecule has 3 rings (SSSR count). The second-order valence-electron chi connectivity index (χ2n) is 4.84. The highest BCUT2D eigenvalue weighted by Gasteiger charge is 2.05. The number of nitrogens with one attached hydrogen (secondary N) is 1. The molecule has 0 saturated heterocycles. The van der Waals surface area contributed by atoms with E-state index in [-0.39, 0.29) is 0 Å². The van der Waals surface area contributed by atoms with Crippen LogP contribution in [-0.2, 0) is 6.42 Å². The van der Waals surface area contributed by atoms with E-state index in [1.54, 1.807) is 7.11 Å². The van der Waals surface area contributed by atoms with Crippen molar-refractivity contribution in [3.8, 4) is 16.9 Å². The first kappa shape index (κ1) is 12.8. The zero-order valence-electron chi connectivity index (χ0n) is 11.5. The van der Waals surface area contributed by atoms with Gasteiger partial charge in [-0.05, 0) is 53.9 Å². The number of H-pyrrole nitrogens is 1. The monoisotopic (exact) mass is 266 g/mol. The van der Waals surface area contributed by atoms with Gasteiger partial charge in [-0.15, -0.1) is 0 Å². The SMILES string of the molecule is COc1ccc(-c2ccc3[nH]cc(CCN)c3c2)cc1. The molecule has 3 N–H and O–H groups in total. The van der Waals surface area contributed by atoms with Crippen LogP contribution in [0.2, 0.25) is 0 Å². The third-order valence-corrected chi connectivity index (χ3v) is 3.60. The molecule has 1 aromatic heterocycles. The number of ether oxygens (including phenoxy) is 1. The molecule has 0 bridgehead atoms. The molecule has 0 aliphatic rings. The molecule has 0 atom stereocenters. The fourth-order valence-corrected chi connectivity index (χ4v) is 2.50. The van der Waals surface area contributed by atoms with Crippen LogP contribution < -0.4 is 10.5 Å². The van der Waals surface area contributed by atoms with E-state index < -0.39 is 0 Å². The summed E-state index contributed by atoms with van der Waals surface area (Å²) in [4.78, 5) is 3.29. The van der Waals surface area contributed by atoms with Crippen LogP contribution >= 0.6 is 0 Å². The minimum Gasteiger partial charge on any atom is -0.497 e. The molecule has 0 saturated carbocycles. The van der Waals surface area contributed by atoms with Crippen LogP contribution in [0.25, 0.3) is 22.0 Å². The summed E-state index contributed by atoms with van der Waals surface area (Å²) in [6.07, 6.45) is 2.95. The molecular formula is C17H18N2O. The van der Waals surface area contributed by atoms with E-state index in [0.717, 1.165) is 17.7 Å². The number of rotatable bonds is 4. The fraction of sp³-hybridized carbons (Fsp3) is 0.176. The second-order valence-corrected chi connectivity index (χ2v) is 4.84. The van der Waals surface area contributed by atoms with Gasteiger partial charge in [0.25, 0.3) is 0 Å². The van der Waals surface area contributed by atoms with Gasteiger partial charge in [0, 0.05) is 17.1 Å². The maximum absolute atomic E-state index is 5.66. The Balaban J connectivity index is 2.04. The van der Waals surface area contributed by atoms with E-state index >= 15 is 0 Å². The van der Waals surface area contributed by atoms with Crippen molar-refractivity contribution in [2.45, 2.75) is 6.42 Å². The standard InChI is InChI=1S/C17H18N2O/c1-20-15-5-2-12(3-6-15)13-4-7-17-16(10-13)14(8-9-18)11-19-17/h2-7,10-11,19H,8-9,18H2,1H3. The molecule has 0 unspecified atom stereocenters.